The molecule has 0 spiro atoms. The van der Waals surface area contributed by atoms with Crippen molar-refractivity contribution in [1.82, 2.24) is 10.6 Å². The number of nitrogens with two attached hydrogens (primary N) is 2. The largest absolute Gasteiger partial charge is 0.495 e. The number of rotatable bonds is 8. The van der Waals surface area contributed by atoms with Crippen LogP contribution in [-0.2, 0) is 0 Å². The molecule has 7 nitrogen and oxygen atoms in total. The van der Waals surface area contributed by atoms with Gasteiger partial charge in [-0.15, -0.1) is 0 Å². The number of nitrogens with one attached hydrogen (secondary N) is 2. The molecule has 0 bridgehead atoms. The smallest absolute Gasteiger partial charge is 0.181 e. The monoisotopic (exact) mass is 424 g/mol. The number of piperidine rings is 1. The predicted molar refractivity (Wildman–Crippen MR) is 131 cm³/mol. The van der Waals surface area contributed by atoms with Crippen LogP contribution >= 0.6 is 0 Å². The molecule has 2 rings (SSSR count). The number of aliphatic hydroxyl groups is 1. The first kappa shape index (κ1) is 24.2. The number of allylic oxidation sites excluding steroid dienone is 1. The average molecular weight is 425 g/mol. The Morgan fingerprint density at radius 2 is 1.97 bits per heavy atom. The molecule has 0 amide bonds. The van der Waals surface area contributed by atoms with Gasteiger partial charge in [-0.25, -0.2) is 4.99 Å². The van der Waals surface area contributed by atoms with E-state index in [0.717, 1.165) is 43.5 Å². The maximum absolute atomic E-state index is 9.83. The van der Waals surface area contributed by atoms with Gasteiger partial charge in [0.25, 0.3) is 0 Å². The third kappa shape index (κ3) is 7.29. The summed E-state index contributed by atoms with van der Waals surface area (Å²) in [5.41, 5.74) is 15.4. The van der Waals surface area contributed by atoms with Crippen molar-refractivity contribution in [3.8, 4) is 0 Å². The topological polar surface area (TPSA) is 121 Å². The van der Waals surface area contributed by atoms with E-state index >= 15 is 0 Å². The molecule has 1 fully saturated rings. The fourth-order valence-corrected chi connectivity index (χ4v) is 3.76. The number of amidine groups is 1. The second-order valence-corrected chi connectivity index (χ2v) is 7.82. The Bertz CT molecular complexity index is 861. The molecular weight excluding hydrogens is 388 g/mol. The Labute approximate surface area is 185 Å². The van der Waals surface area contributed by atoms with E-state index in [2.05, 4.69) is 24.1 Å². The molecule has 0 aromatic heterocycles. The van der Waals surface area contributed by atoms with Crippen molar-refractivity contribution < 1.29 is 5.11 Å². The van der Waals surface area contributed by atoms with Crippen LogP contribution in [0.2, 0.25) is 0 Å². The lowest BCUT2D eigenvalue weighted by molar-refractivity contribution is 0.314. The summed E-state index contributed by atoms with van der Waals surface area (Å²) in [5, 5.41) is 16.1. The van der Waals surface area contributed by atoms with Gasteiger partial charge in [0.2, 0.25) is 0 Å². The van der Waals surface area contributed by atoms with Crippen LogP contribution in [0.5, 0.6) is 0 Å². The van der Waals surface area contributed by atoms with Crippen LogP contribution in [0.25, 0.3) is 5.70 Å². The van der Waals surface area contributed by atoms with Gasteiger partial charge in [0.1, 0.15) is 5.84 Å². The van der Waals surface area contributed by atoms with Crippen molar-refractivity contribution in [3.63, 3.8) is 0 Å². The van der Waals surface area contributed by atoms with Crippen molar-refractivity contribution in [2.75, 3.05) is 13.1 Å². The van der Waals surface area contributed by atoms with Gasteiger partial charge in [-0.3, -0.25) is 4.99 Å². The van der Waals surface area contributed by atoms with Crippen molar-refractivity contribution in [1.29, 1.82) is 0 Å². The Morgan fingerprint density at radius 1 is 1.32 bits per heavy atom. The van der Waals surface area contributed by atoms with E-state index in [4.69, 9.17) is 21.5 Å². The van der Waals surface area contributed by atoms with E-state index in [-0.39, 0.29) is 11.9 Å². The molecule has 7 heteroatoms. The first-order valence-corrected chi connectivity index (χ1v) is 10.8. The van der Waals surface area contributed by atoms with E-state index in [0.29, 0.717) is 28.9 Å². The highest BCUT2D eigenvalue weighted by Crippen LogP contribution is 2.22. The lowest BCUT2D eigenvalue weighted by atomic mass is 9.89. The zero-order chi connectivity index (χ0) is 22.8. The van der Waals surface area contributed by atoms with Gasteiger partial charge in [0.15, 0.2) is 5.88 Å². The molecule has 31 heavy (non-hydrogen) atoms. The maximum Gasteiger partial charge on any atom is 0.181 e. The van der Waals surface area contributed by atoms with Crippen LogP contribution < -0.4 is 22.1 Å². The summed E-state index contributed by atoms with van der Waals surface area (Å²) in [7, 11) is 0. The Hall–Kier alpha value is -3.06. The summed E-state index contributed by atoms with van der Waals surface area (Å²) in [6.45, 7) is 11.6. The minimum atomic E-state index is -0.237. The first-order valence-electron chi connectivity index (χ1n) is 10.8. The van der Waals surface area contributed by atoms with Gasteiger partial charge in [-0.1, -0.05) is 36.8 Å². The molecule has 1 aliphatic rings. The highest BCUT2D eigenvalue weighted by Gasteiger charge is 2.22. The molecule has 1 aromatic carbocycles. The molecule has 0 unspecified atom stereocenters. The molecule has 1 saturated heterocycles. The maximum atomic E-state index is 9.83. The number of aliphatic imine (C=N–C) groups is 2. The molecular formula is C24H36N6O. The van der Waals surface area contributed by atoms with Gasteiger partial charge in [-0.2, -0.15) is 0 Å². The van der Waals surface area contributed by atoms with Gasteiger partial charge in [-0.05, 0) is 76.5 Å². The summed E-state index contributed by atoms with van der Waals surface area (Å²) in [4.78, 5) is 9.59. The van der Waals surface area contributed by atoms with E-state index in [1.54, 1.807) is 6.08 Å². The number of hydrogen-bond acceptors (Lipinski definition) is 6. The Kier molecular flexibility index (Phi) is 9.34. The SMILES string of the molecule is C=C(O)NC(C(C=CN)=NC(C)=N[C@@H](CC)C1CCNCC1)=C(N)c1ccc(C)cc1. The molecule has 1 aliphatic heterocycles. The molecule has 7 N–H and O–H groups in total. The fraction of sp³-hybridized carbons (Fsp3) is 0.417. The summed E-state index contributed by atoms with van der Waals surface area (Å²) >= 11 is 0. The number of aliphatic hydroxyl groups excluding tert-OH is 1. The quantitative estimate of drug-likeness (QED) is 0.249. The lowest BCUT2D eigenvalue weighted by Gasteiger charge is -2.27. The van der Waals surface area contributed by atoms with Gasteiger partial charge >= 0.3 is 0 Å². The van der Waals surface area contributed by atoms with E-state index in [1.165, 1.54) is 6.20 Å². The number of aryl methyl sites for hydroxylation is 1. The fourth-order valence-electron chi connectivity index (χ4n) is 3.76. The summed E-state index contributed by atoms with van der Waals surface area (Å²) in [6.07, 6.45) is 6.22. The minimum Gasteiger partial charge on any atom is -0.495 e. The molecule has 1 heterocycles. The second kappa shape index (κ2) is 12.0. The number of hydrogen-bond donors (Lipinski definition) is 5. The first-order chi connectivity index (χ1) is 14.8. The van der Waals surface area contributed by atoms with Crippen LogP contribution in [0, 0.1) is 12.8 Å². The minimum absolute atomic E-state index is 0.219. The second-order valence-electron chi connectivity index (χ2n) is 7.82. The molecule has 168 valence electrons. The Morgan fingerprint density at radius 3 is 2.52 bits per heavy atom. The number of nitrogens with zero attached hydrogens (tertiary/aromatic N) is 2. The van der Waals surface area contributed by atoms with Crippen LogP contribution in [0.15, 0.2) is 64.7 Å². The van der Waals surface area contributed by atoms with Gasteiger partial charge in [0, 0.05) is 0 Å². The van der Waals surface area contributed by atoms with Crippen molar-refractivity contribution in [3.05, 3.63) is 65.8 Å². The average Bonchev–Trinajstić information content (AvgIpc) is 2.76. The van der Waals surface area contributed by atoms with E-state index in [9.17, 15) is 5.11 Å². The summed E-state index contributed by atoms with van der Waals surface area (Å²) in [5.74, 6) is 0.949. The third-order valence-corrected chi connectivity index (χ3v) is 5.39. The molecule has 0 radical (unpaired) electrons. The van der Waals surface area contributed by atoms with Gasteiger partial charge < -0.3 is 27.2 Å². The van der Waals surface area contributed by atoms with Gasteiger partial charge in [0.05, 0.1) is 23.1 Å². The third-order valence-electron chi connectivity index (χ3n) is 5.39. The Balaban J connectivity index is 2.46. The zero-order valence-electron chi connectivity index (χ0n) is 18.9. The normalized spacial score (nSPS) is 18.0. The predicted octanol–water partition coefficient (Wildman–Crippen LogP) is 3.35. The standard InChI is InChI=1S/C24H36N6O/c1-5-21(19-11-14-27-15-12-19)28-17(3)29-22(10-13-25)24(30-18(4)31)23(26)20-8-6-16(2)7-9-20/h6-10,13,19,21,27,30-31H,4-5,11-12,14-15,25-26H2,1-3H3/t21-/m0/s1. The highest BCUT2D eigenvalue weighted by molar-refractivity contribution is 6.16. The molecule has 1 aromatic rings. The lowest BCUT2D eigenvalue weighted by Crippen LogP contribution is -2.33. The van der Waals surface area contributed by atoms with Crippen LogP contribution in [0.3, 0.4) is 0 Å². The number of benzene rings is 1. The van der Waals surface area contributed by atoms with Crippen LogP contribution in [-0.4, -0.2) is 35.8 Å². The van der Waals surface area contributed by atoms with Crippen molar-refractivity contribution >= 4 is 17.2 Å². The zero-order valence-corrected chi connectivity index (χ0v) is 18.9. The van der Waals surface area contributed by atoms with Crippen LogP contribution in [0.4, 0.5) is 0 Å². The van der Waals surface area contributed by atoms with E-state index < -0.39 is 0 Å². The van der Waals surface area contributed by atoms with E-state index in [1.807, 2.05) is 38.1 Å². The van der Waals surface area contributed by atoms with Crippen molar-refractivity contribution in [2.24, 2.45) is 27.4 Å². The van der Waals surface area contributed by atoms with Crippen LogP contribution in [0.1, 0.15) is 44.2 Å². The van der Waals surface area contributed by atoms with Crippen molar-refractivity contribution in [2.45, 2.75) is 46.1 Å². The molecule has 1 atom stereocenters. The molecule has 0 aliphatic carbocycles. The summed E-state index contributed by atoms with van der Waals surface area (Å²) < 4.78 is 0. The highest BCUT2D eigenvalue weighted by atomic mass is 16.3. The molecule has 0 saturated carbocycles. The summed E-state index contributed by atoms with van der Waals surface area (Å²) in [6, 6.07) is 8.00.